The molecule has 16 N–H and O–H groups in total. The molecular weight excluding hydrogens is 1280 g/mol. The van der Waals surface area contributed by atoms with Crippen molar-refractivity contribution in [3.63, 3.8) is 0 Å². The van der Waals surface area contributed by atoms with E-state index in [2.05, 4.69) is 53.0 Å². The molecule has 1 unspecified atom stereocenters. The summed E-state index contributed by atoms with van der Waals surface area (Å²) in [7, 11) is 1.91. The van der Waals surface area contributed by atoms with E-state index < -0.39 is 164 Å². The lowest BCUT2D eigenvalue weighted by Crippen LogP contribution is -2.62. The first-order valence-electron chi connectivity index (χ1n) is 31.0. The lowest BCUT2D eigenvalue weighted by atomic mass is 9.96. The Balaban J connectivity index is 1.63. The summed E-state index contributed by atoms with van der Waals surface area (Å²) in [6.45, 7) is 5.75. The fraction of sp³-hybridized carbons (Fsp3) is 0.574. The highest BCUT2D eigenvalue weighted by Gasteiger charge is 2.41. The maximum absolute atomic E-state index is 14.9. The van der Waals surface area contributed by atoms with Gasteiger partial charge in [-0.3, -0.25) is 62.3 Å². The molecule has 518 valence electrons. The topological polar surface area (TPSA) is 453 Å². The Hall–Kier alpha value is -8.20. The molecule has 2 fully saturated rings. The Kier molecular flexibility index (Phi) is 34.5. The van der Waals surface area contributed by atoms with Crippen LogP contribution in [-0.4, -0.2) is 185 Å². The van der Waals surface area contributed by atoms with Gasteiger partial charge in [0, 0.05) is 60.7 Å². The van der Waals surface area contributed by atoms with Crippen LogP contribution in [0.25, 0.3) is 0 Å². The Labute approximate surface area is 557 Å². The summed E-state index contributed by atoms with van der Waals surface area (Å²) in [5.41, 5.74) is 17.4. The minimum Gasteiger partial charge on any atom is -0.508 e. The number of primary amides is 3. The van der Waals surface area contributed by atoms with Crippen LogP contribution in [0, 0.1) is 11.8 Å². The van der Waals surface area contributed by atoms with Crippen LogP contribution in [-0.2, 0) is 80.3 Å². The van der Waals surface area contributed by atoms with Gasteiger partial charge >= 0.3 is 0 Å². The minimum absolute atomic E-state index is 0.0148. The number of aromatic hydroxyl groups is 1. The van der Waals surface area contributed by atoms with Crippen LogP contribution in [0.1, 0.15) is 116 Å². The third-order valence-electron chi connectivity index (χ3n) is 15.0. The predicted octanol–water partition coefficient (Wildman–Crippen LogP) is -0.120. The molecule has 94 heavy (non-hydrogen) atoms. The summed E-state index contributed by atoms with van der Waals surface area (Å²) >= 11 is 1.47. The fourth-order valence-electron chi connectivity index (χ4n) is 9.75. The number of carbonyl (C=O) groups is 13. The second kappa shape index (κ2) is 41.5. The summed E-state index contributed by atoms with van der Waals surface area (Å²) < 4.78 is 13.3. The number of oxime groups is 1. The van der Waals surface area contributed by atoms with E-state index in [1.807, 2.05) is 12.1 Å². The molecule has 13 amide bonds. The molecule has 0 aliphatic carbocycles. The zero-order chi connectivity index (χ0) is 69.3. The number of rotatable bonds is 32. The van der Waals surface area contributed by atoms with E-state index in [4.69, 9.17) is 22.0 Å². The number of hydrogen-bond donors (Lipinski definition) is 13. The Morgan fingerprint density at radius 2 is 1.47 bits per heavy atom. The number of unbranched alkanes of at least 4 members (excludes halogenated alkanes) is 2. The number of hydrogen-bond acceptors (Lipinski definition) is 19. The number of phenols is 1. The van der Waals surface area contributed by atoms with Crippen LogP contribution in [0.4, 0.5) is 4.39 Å². The Bertz CT molecular complexity index is 2970. The summed E-state index contributed by atoms with van der Waals surface area (Å²) in [6, 6.07) is 1.17. The highest BCUT2D eigenvalue weighted by Crippen LogP contribution is 2.27. The van der Waals surface area contributed by atoms with Gasteiger partial charge in [0.15, 0.2) is 6.61 Å². The molecule has 2 aromatic carbocycles. The van der Waals surface area contributed by atoms with Gasteiger partial charge < -0.3 is 79.9 Å². The van der Waals surface area contributed by atoms with Crippen molar-refractivity contribution in [1.29, 1.82) is 0 Å². The molecule has 4 rings (SSSR count). The van der Waals surface area contributed by atoms with Crippen molar-refractivity contribution < 1.29 is 76.7 Å². The molecule has 2 saturated heterocycles. The number of carbonyl (C=O) groups excluding carboxylic acids is 13. The van der Waals surface area contributed by atoms with Crippen LogP contribution in [0.2, 0.25) is 0 Å². The monoisotopic (exact) mass is 1370 g/mol. The summed E-state index contributed by atoms with van der Waals surface area (Å²) in [5.74, 6) is -11.8. The van der Waals surface area contributed by atoms with Crippen molar-refractivity contribution in [2.45, 2.75) is 171 Å². The number of benzene rings is 2. The molecule has 0 saturated carbocycles. The average molecular weight is 1370 g/mol. The summed E-state index contributed by atoms with van der Waals surface area (Å²) in [4.78, 5) is 184. The Morgan fingerprint density at radius 3 is 2.15 bits per heavy atom. The van der Waals surface area contributed by atoms with Gasteiger partial charge in [0.2, 0.25) is 70.9 Å². The molecule has 33 heteroatoms. The van der Waals surface area contributed by atoms with E-state index in [0.29, 0.717) is 49.0 Å². The molecular formula is C61H89FN14O15S3. The van der Waals surface area contributed by atoms with Crippen LogP contribution in [0.3, 0.4) is 0 Å². The second-order valence-electron chi connectivity index (χ2n) is 23.0. The number of likely N-dealkylation sites (tertiary alicyclic amines) is 1. The van der Waals surface area contributed by atoms with Gasteiger partial charge in [0.05, 0.1) is 13.0 Å². The van der Waals surface area contributed by atoms with E-state index in [9.17, 15) is 71.8 Å². The number of nitrogens with one attached hydrogen (secondary N) is 9. The van der Waals surface area contributed by atoms with Crippen molar-refractivity contribution in [2.24, 2.45) is 34.2 Å². The lowest BCUT2D eigenvalue weighted by molar-refractivity contribution is -0.142. The molecule has 0 spiro atoms. The smallest absolute Gasteiger partial charge is 0.260 e. The van der Waals surface area contributed by atoms with Crippen molar-refractivity contribution in [3.8, 4) is 5.75 Å². The van der Waals surface area contributed by atoms with Crippen LogP contribution in [0.5, 0.6) is 5.75 Å². The maximum Gasteiger partial charge on any atom is 0.260 e. The molecule has 0 aromatic heterocycles. The van der Waals surface area contributed by atoms with Gasteiger partial charge in [-0.15, -0.1) is 11.8 Å². The number of amides is 13. The molecule has 2 heterocycles. The fourth-order valence-corrected chi connectivity index (χ4v) is 13.0. The summed E-state index contributed by atoms with van der Waals surface area (Å²) in [6.07, 6.45) is 1.97. The van der Waals surface area contributed by atoms with Gasteiger partial charge in [0.25, 0.3) is 5.91 Å². The van der Waals surface area contributed by atoms with Gasteiger partial charge in [-0.25, -0.2) is 4.39 Å². The normalized spacial score (nSPS) is 20.9. The number of alkyl halides is 1. The first-order chi connectivity index (χ1) is 44.8. The number of halogens is 1. The van der Waals surface area contributed by atoms with Crippen LogP contribution in [0.15, 0.2) is 58.6 Å². The highest BCUT2D eigenvalue weighted by molar-refractivity contribution is 8.76. The van der Waals surface area contributed by atoms with Crippen LogP contribution >= 0.6 is 33.3 Å². The molecule has 2 aromatic rings. The maximum atomic E-state index is 14.9. The molecule has 29 nitrogen and oxygen atoms in total. The van der Waals surface area contributed by atoms with Gasteiger partial charge in [-0.2, -0.15) is 0 Å². The van der Waals surface area contributed by atoms with E-state index in [1.54, 1.807) is 39.8 Å². The van der Waals surface area contributed by atoms with Gasteiger partial charge in [0.1, 0.15) is 60.8 Å². The van der Waals surface area contributed by atoms with E-state index in [0.717, 1.165) is 26.5 Å². The van der Waals surface area contributed by atoms with Gasteiger partial charge in [-0.1, -0.05) is 97.6 Å². The second-order valence-corrected chi connectivity index (χ2v) is 26.7. The zero-order valence-electron chi connectivity index (χ0n) is 53.2. The number of phenolic OH excluding ortho intramolecular Hbond substituents is 1. The SMILES string of the molecule is CCC(C)[C@@H]1NC(=O)[C@H](Cc2ccc(O)cc2)NC(=O)[C@@H](NC(=O)CCCCCNC(=O)CON=CCCSc2ccccc2CF)CSSC[C@@H](C(=O)N2CCC[C@H]2C(=O)N[C@@H](CC(C)C)C(=O)NCC(N)=O)NC(=O)[C@H](CC(N)=O)NC(=O)[C@H](CCC(N)=O)NC1=O. The predicted molar refractivity (Wildman–Crippen MR) is 351 cm³/mol. The van der Waals surface area contributed by atoms with Crippen molar-refractivity contribution >= 4 is 116 Å². The van der Waals surface area contributed by atoms with Crippen molar-refractivity contribution in [2.75, 3.05) is 43.5 Å². The number of nitrogens with zero attached hydrogens (tertiary/aromatic N) is 2. The van der Waals surface area contributed by atoms with Crippen LogP contribution < -0.4 is 65.1 Å². The van der Waals surface area contributed by atoms with E-state index >= 15 is 0 Å². The molecule has 0 bridgehead atoms. The first-order valence-corrected chi connectivity index (χ1v) is 34.5. The average Bonchev–Trinajstić information content (AvgIpc) is 1.62. The minimum atomic E-state index is -1.83. The zero-order valence-corrected chi connectivity index (χ0v) is 55.7. The largest absolute Gasteiger partial charge is 0.508 e. The molecule has 2 aliphatic heterocycles. The number of thioether (sulfide) groups is 1. The van der Waals surface area contributed by atoms with Crippen molar-refractivity contribution in [3.05, 3.63) is 59.7 Å². The highest BCUT2D eigenvalue weighted by atomic mass is 33.1. The van der Waals surface area contributed by atoms with Gasteiger partial charge in [-0.05, 0) is 86.1 Å². The third-order valence-corrected chi connectivity index (χ3v) is 18.5. The molecule has 9 atom stereocenters. The lowest BCUT2D eigenvalue weighted by Gasteiger charge is -2.31. The molecule has 2 aliphatic rings. The third kappa shape index (κ3) is 28.2. The van der Waals surface area contributed by atoms with E-state index in [-0.39, 0.29) is 75.0 Å². The van der Waals surface area contributed by atoms with E-state index in [1.165, 1.54) is 47.1 Å². The van der Waals surface area contributed by atoms with Crippen molar-refractivity contribution in [1.82, 2.24) is 52.8 Å². The molecule has 0 radical (unpaired) electrons. The Morgan fingerprint density at radius 1 is 0.787 bits per heavy atom. The standard InChI is InChI=1S/C61H89FN14O15S3/c1-5-36(4)53-60(89)70-40(21-22-48(63)78)55(84)72-43(29-49(64)79)56(85)74-45(61(90)76-25-11-14-46(76)59(88)73-41(27-35(2)3)54(83)67-31-50(65)80)34-94-93-33-44(58(87)71-42(57(86)75-53)28-37-17-19-39(77)20-18-37)69-51(81)16-7-6-10-23-66-52(82)32-91-68-24-12-26-92-47-15-9-8-13-38(47)30-62/h8-9,13,15,17-20,24,35-36,40-46,53,77H,5-7,10-12,14,16,21-23,25-34H2,1-4H3,(H2,63,78)(H2,64,79)(H2,65,80)(H,66,82)(H,67,83)(H,69,81)(H,70,89)(H,71,87)(H,72,84)(H,73,88)(H,74,85)(H,75,86)/t36?,40-,41-,42-,43-,44-,45-,46-,53-/m0/s1. The summed E-state index contributed by atoms with van der Waals surface area (Å²) in [5, 5.41) is 37.4. The quantitative estimate of drug-likeness (QED) is 0.0149. The number of nitrogens with two attached hydrogens (primary N) is 3. The first kappa shape index (κ1) is 78.2.